The second-order valence-corrected chi connectivity index (χ2v) is 7.22. The van der Waals surface area contributed by atoms with Gasteiger partial charge in [0.15, 0.2) is 0 Å². The molecular weight excluding hydrogens is 302 g/mol. The van der Waals surface area contributed by atoms with Crippen molar-refractivity contribution in [2.45, 2.75) is 44.9 Å². The molecule has 2 heterocycles. The Labute approximate surface area is 144 Å². The number of nitrogens with zero attached hydrogens (tertiary/aromatic N) is 2. The Kier molecular flexibility index (Phi) is 5.74. The summed E-state index contributed by atoms with van der Waals surface area (Å²) in [5.41, 5.74) is 1.32. The highest BCUT2D eigenvalue weighted by molar-refractivity contribution is 5.74. The first kappa shape index (κ1) is 17.2. The molecule has 3 unspecified atom stereocenters. The molecule has 2 N–H and O–H groups in total. The summed E-state index contributed by atoms with van der Waals surface area (Å²) in [6.07, 6.45) is 2.80. The highest BCUT2D eigenvalue weighted by Gasteiger charge is 2.29. The number of carbonyl (C=O) groups is 1. The number of rotatable bonds is 4. The quantitative estimate of drug-likeness (QED) is 0.888. The van der Waals surface area contributed by atoms with E-state index in [-0.39, 0.29) is 11.9 Å². The Morgan fingerprint density at radius 1 is 1.25 bits per heavy atom. The van der Waals surface area contributed by atoms with Crippen LogP contribution in [0.5, 0.6) is 0 Å². The number of aliphatic hydroxyl groups is 1. The van der Waals surface area contributed by atoms with Crippen molar-refractivity contribution in [1.29, 1.82) is 0 Å². The molecule has 1 aromatic rings. The predicted molar refractivity (Wildman–Crippen MR) is 94.6 cm³/mol. The molecule has 0 aromatic heterocycles. The van der Waals surface area contributed by atoms with Crippen molar-refractivity contribution in [3.05, 3.63) is 35.9 Å². The van der Waals surface area contributed by atoms with Crippen LogP contribution in [0, 0.1) is 5.92 Å². The number of benzene rings is 1. The van der Waals surface area contributed by atoms with Gasteiger partial charge in [-0.05, 0) is 37.3 Å². The van der Waals surface area contributed by atoms with Crippen LogP contribution >= 0.6 is 0 Å². The first-order valence-electron chi connectivity index (χ1n) is 9.12. The van der Waals surface area contributed by atoms with Crippen LogP contribution in [0.3, 0.4) is 0 Å². The molecule has 2 fully saturated rings. The molecule has 132 valence electrons. The van der Waals surface area contributed by atoms with Crippen molar-refractivity contribution in [2.75, 3.05) is 26.2 Å². The third kappa shape index (κ3) is 4.28. The van der Waals surface area contributed by atoms with Gasteiger partial charge in [-0.1, -0.05) is 37.3 Å². The second kappa shape index (κ2) is 7.99. The van der Waals surface area contributed by atoms with Gasteiger partial charge >= 0.3 is 6.03 Å². The van der Waals surface area contributed by atoms with E-state index in [1.807, 2.05) is 13.0 Å². The number of urea groups is 1. The number of likely N-dealkylation sites (tertiary alicyclic amines) is 2. The van der Waals surface area contributed by atoms with E-state index in [2.05, 4.69) is 34.5 Å². The largest absolute Gasteiger partial charge is 0.391 e. The maximum atomic E-state index is 12.4. The van der Waals surface area contributed by atoms with Crippen LogP contribution in [-0.4, -0.2) is 59.3 Å². The minimum atomic E-state index is -0.398. The lowest BCUT2D eigenvalue weighted by Crippen LogP contribution is -2.51. The SMILES string of the molecule is CC1CCN(C(=O)NCC2CCCN2Cc2ccccc2)CC1O. The number of hydrogen-bond acceptors (Lipinski definition) is 3. The van der Waals surface area contributed by atoms with Crippen LogP contribution in [0.1, 0.15) is 31.7 Å². The Bertz CT molecular complexity index is 537. The van der Waals surface area contributed by atoms with E-state index in [0.29, 0.717) is 19.1 Å². The molecule has 5 nitrogen and oxygen atoms in total. The van der Waals surface area contributed by atoms with E-state index < -0.39 is 6.10 Å². The third-order valence-electron chi connectivity index (χ3n) is 5.42. The van der Waals surface area contributed by atoms with Crippen molar-refractivity contribution in [1.82, 2.24) is 15.1 Å². The number of aliphatic hydroxyl groups excluding tert-OH is 1. The van der Waals surface area contributed by atoms with Gasteiger partial charge in [-0.25, -0.2) is 4.79 Å². The Morgan fingerprint density at radius 2 is 2.04 bits per heavy atom. The maximum Gasteiger partial charge on any atom is 0.317 e. The lowest BCUT2D eigenvalue weighted by molar-refractivity contribution is 0.0432. The first-order chi connectivity index (χ1) is 11.6. The van der Waals surface area contributed by atoms with Gasteiger partial charge in [-0.15, -0.1) is 0 Å². The summed E-state index contributed by atoms with van der Waals surface area (Å²) in [5, 5.41) is 13.0. The normalized spacial score (nSPS) is 28.1. The molecule has 0 radical (unpaired) electrons. The lowest BCUT2D eigenvalue weighted by atomic mass is 9.96. The van der Waals surface area contributed by atoms with E-state index in [9.17, 15) is 9.90 Å². The third-order valence-corrected chi connectivity index (χ3v) is 5.42. The second-order valence-electron chi connectivity index (χ2n) is 7.22. The predicted octanol–water partition coefficient (Wildman–Crippen LogP) is 2.06. The molecular formula is C19H29N3O2. The van der Waals surface area contributed by atoms with E-state index in [1.165, 1.54) is 12.0 Å². The average Bonchev–Trinajstić information content (AvgIpc) is 3.03. The minimum Gasteiger partial charge on any atom is -0.391 e. The van der Waals surface area contributed by atoms with Gasteiger partial charge in [0.25, 0.3) is 0 Å². The fraction of sp³-hybridized carbons (Fsp3) is 0.632. The van der Waals surface area contributed by atoms with Gasteiger partial charge in [0.1, 0.15) is 0 Å². The zero-order chi connectivity index (χ0) is 16.9. The summed E-state index contributed by atoms with van der Waals surface area (Å²) in [5.74, 6) is 0.283. The Balaban J connectivity index is 1.47. The molecule has 2 aliphatic heterocycles. The summed E-state index contributed by atoms with van der Waals surface area (Å²) in [6.45, 7) is 5.96. The number of β-amino-alcohol motifs (C(OH)–C–C–N with tert-alkyl or cyclic N) is 1. The first-order valence-corrected chi connectivity index (χ1v) is 9.12. The van der Waals surface area contributed by atoms with Crippen molar-refractivity contribution >= 4 is 6.03 Å². The van der Waals surface area contributed by atoms with Gasteiger partial charge in [0.2, 0.25) is 0 Å². The van der Waals surface area contributed by atoms with Gasteiger partial charge in [-0.3, -0.25) is 4.90 Å². The van der Waals surface area contributed by atoms with E-state index in [4.69, 9.17) is 0 Å². The van der Waals surface area contributed by atoms with Crippen LogP contribution < -0.4 is 5.32 Å². The summed E-state index contributed by atoms with van der Waals surface area (Å²) in [6, 6.07) is 10.9. The van der Waals surface area contributed by atoms with Crippen LogP contribution in [0.25, 0.3) is 0 Å². The molecule has 2 amide bonds. The number of nitrogens with one attached hydrogen (secondary N) is 1. The molecule has 5 heteroatoms. The lowest BCUT2D eigenvalue weighted by Gasteiger charge is -2.34. The van der Waals surface area contributed by atoms with E-state index in [0.717, 1.165) is 32.5 Å². The molecule has 24 heavy (non-hydrogen) atoms. The summed E-state index contributed by atoms with van der Waals surface area (Å²) in [4.78, 5) is 16.6. The van der Waals surface area contributed by atoms with Crippen molar-refractivity contribution in [2.24, 2.45) is 5.92 Å². The minimum absolute atomic E-state index is 0.0347. The van der Waals surface area contributed by atoms with Gasteiger partial charge in [0.05, 0.1) is 6.10 Å². The van der Waals surface area contributed by atoms with E-state index in [1.54, 1.807) is 4.90 Å². The zero-order valence-electron chi connectivity index (χ0n) is 14.5. The van der Waals surface area contributed by atoms with Crippen LogP contribution in [0.4, 0.5) is 4.79 Å². The number of piperidine rings is 1. The molecule has 0 saturated carbocycles. The molecule has 2 aliphatic rings. The molecule has 0 spiro atoms. The molecule has 1 aromatic carbocycles. The fourth-order valence-corrected chi connectivity index (χ4v) is 3.70. The molecule has 0 bridgehead atoms. The van der Waals surface area contributed by atoms with Crippen molar-refractivity contribution < 1.29 is 9.90 Å². The molecule has 3 rings (SSSR count). The number of hydrogen-bond donors (Lipinski definition) is 2. The number of carbonyl (C=O) groups excluding carboxylic acids is 1. The summed E-state index contributed by atoms with van der Waals surface area (Å²) in [7, 11) is 0. The van der Waals surface area contributed by atoms with Crippen LogP contribution in [-0.2, 0) is 6.54 Å². The van der Waals surface area contributed by atoms with E-state index >= 15 is 0 Å². The Hall–Kier alpha value is -1.59. The van der Waals surface area contributed by atoms with Gasteiger partial charge in [0, 0.05) is 32.2 Å². The monoisotopic (exact) mass is 331 g/mol. The van der Waals surface area contributed by atoms with Gasteiger partial charge in [-0.2, -0.15) is 0 Å². The highest BCUT2D eigenvalue weighted by atomic mass is 16.3. The standard InChI is InChI=1S/C19H29N3O2/c1-15-9-11-22(14-18(15)23)19(24)20-12-17-8-5-10-21(17)13-16-6-3-2-4-7-16/h2-4,6-7,15,17-18,23H,5,8-14H2,1H3,(H,20,24). The van der Waals surface area contributed by atoms with Crippen LogP contribution in [0.2, 0.25) is 0 Å². The summed E-state index contributed by atoms with van der Waals surface area (Å²) >= 11 is 0. The zero-order valence-corrected chi connectivity index (χ0v) is 14.5. The van der Waals surface area contributed by atoms with Crippen LogP contribution in [0.15, 0.2) is 30.3 Å². The Morgan fingerprint density at radius 3 is 2.79 bits per heavy atom. The number of amides is 2. The average molecular weight is 331 g/mol. The van der Waals surface area contributed by atoms with Gasteiger partial charge < -0.3 is 15.3 Å². The highest BCUT2D eigenvalue weighted by Crippen LogP contribution is 2.20. The van der Waals surface area contributed by atoms with Crippen molar-refractivity contribution in [3.8, 4) is 0 Å². The summed E-state index contributed by atoms with van der Waals surface area (Å²) < 4.78 is 0. The molecule has 2 saturated heterocycles. The molecule has 0 aliphatic carbocycles. The fourth-order valence-electron chi connectivity index (χ4n) is 3.70. The topological polar surface area (TPSA) is 55.8 Å². The molecule has 3 atom stereocenters. The van der Waals surface area contributed by atoms with Crippen molar-refractivity contribution in [3.63, 3.8) is 0 Å². The smallest absolute Gasteiger partial charge is 0.317 e. The maximum absolute atomic E-state index is 12.4.